The summed E-state index contributed by atoms with van der Waals surface area (Å²) in [5.41, 5.74) is 1.07. The van der Waals surface area contributed by atoms with Crippen molar-refractivity contribution in [3.63, 3.8) is 0 Å². The van der Waals surface area contributed by atoms with E-state index in [1.54, 1.807) is 44.4 Å². The third kappa shape index (κ3) is 5.98. The lowest BCUT2D eigenvalue weighted by molar-refractivity contribution is 0.0946. The van der Waals surface area contributed by atoms with Crippen LogP contribution >= 0.6 is 0 Å². The highest BCUT2D eigenvalue weighted by atomic mass is 32.2. The fourth-order valence-corrected chi connectivity index (χ4v) is 3.95. The maximum absolute atomic E-state index is 13.1. The number of amides is 1. The molecule has 3 rings (SSSR count). The Balaban J connectivity index is 1.63. The summed E-state index contributed by atoms with van der Waals surface area (Å²) in [7, 11) is -2.40. The van der Waals surface area contributed by atoms with E-state index < -0.39 is 21.7 Å². The Morgan fingerprint density at radius 3 is 2.44 bits per heavy atom. The number of methoxy groups -OCH3 is 1. The molecule has 0 radical (unpaired) electrons. The van der Waals surface area contributed by atoms with Crippen LogP contribution in [0.1, 0.15) is 15.9 Å². The molecule has 0 bridgehead atoms. The summed E-state index contributed by atoms with van der Waals surface area (Å²) in [6, 6.07) is 16.3. The van der Waals surface area contributed by atoms with Crippen molar-refractivity contribution >= 4 is 21.6 Å². The van der Waals surface area contributed by atoms with Gasteiger partial charge in [0.15, 0.2) is 0 Å². The van der Waals surface area contributed by atoms with E-state index in [0.717, 1.165) is 12.1 Å². The molecule has 0 saturated carbocycles. The van der Waals surface area contributed by atoms with Gasteiger partial charge >= 0.3 is 0 Å². The number of halogens is 1. The zero-order valence-corrected chi connectivity index (χ0v) is 18.4. The average molecular weight is 459 g/mol. The van der Waals surface area contributed by atoms with Gasteiger partial charge < -0.3 is 14.8 Å². The number of nitrogens with one attached hydrogen (secondary N) is 2. The molecule has 0 aliphatic rings. The number of carbonyl (C=O) groups is 1. The molecule has 0 spiro atoms. The zero-order chi connectivity index (χ0) is 23.1. The standard InChI is InChI=1S/C23H23FN2O5S/c1-16-6-11-21(32(28,29)26-18-9-7-17(24)8-10-18)15-22(16)23(27)25-12-13-31-20-5-3-4-19(14-20)30-2/h3-11,14-15,26H,12-13H2,1-2H3,(H,25,27). The number of benzene rings is 3. The maximum atomic E-state index is 13.1. The Morgan fingerprint density at radius 2 is 1.72 bits per heavy atom. The molecule has 0 aliphatic heterocycles. The van der Waals surface area contributed by atoms with Crippen LogP contribution in [0.3, 0.4) is 0 Å². The third-order valence-corrected chi connectivity index (χ3v) is 5.94. The second-order valence-corrected chi connectivity index (χ2v) is 8.55. The van der Waals surface area contributed by atoms with E-state index in [9.17, 15) is 17.6 Å². The van der Waals surface area contributed by atoms with E-state index in [2.05, 4.69) is 10.0 Å². The lowest BCUT2D eigenvalue weighted by atomic mass is 10.1. The number of rotatable bonds is 9. The maximum Gasteiger partial charge on any atom is 0.261 e. The monoisotopic (exact) mass is 458 g/mol. The second-order valence-electron chi connectivity index (χ2n) is 6.87. The van der Waals surface area contributed by atoms with Crippen molar-refractivity contribution in [3.8, 4) is 11.5 Å². The molecule has 0 fully saturated rings. The number of anilines is 1. The van der Waals surface area contributed by atoms with Gasteiger partial charge in [0.05, 0.1) is 18.6 Å². The van der Waals surface area contributed by atoms with E-state index in [1.165, 1.54) is 24.3 Å². The summed E-state index contributed by atoms with van der Waals surface area (Å²) in [4.78, 5) is 12.5. The van der Waals surface area contributed by atoms with Crippen LogP contribution in [0.5, 0.6) is 11.5 Å². The first kappa shape index (κ1) is 23.1. The molecule has 0 atom stereocenters. The van der Waals surface area contributed by atoms with Gasteiger partial charge in [0.2, 0.25) is 0 Å². The van der Waals surface area contributed by atoms with Gasteiger partial charge in [-0.25, -0.2) is 12.8 Å². The number of hydrogen-bond acceptors (Lipinski definition) is 5. The minimum Gasteiger partial charge on any atom is -0.497 e. The second kappa shape index (κ2) is 10.1. The Labute approximate surface area is 186 Å². The Bertz CT molecular complexity index is 1200. The molecule has 7 nitrogen and oxygen atoms in total. The molecule has 1 amide bonds. The smallest absolute Gasteiger partial charge is 0.261 e. The van der Waals surface area contributed by atoms with Crippen molar-refractivity contribution in [1.29, 1.82) is 0 Å². The Hall–Kier alpha value is -3.59. The first-order valence-electron chi connectivity index (χ1n) is 9.72. The Kier molecular flexibility index (Phi) is 7.32. The highest BCUT2D eigenvalue weighted by Crippen LogP contribution is 2.20. The summed E-state index contributed by atoms with van der Waals surface area (Å²) in [6.07, 6.45) is 0. The molecule has 3 aromatic rings. The molecule has 0 unspecified atom stereocenters. The average Bonchev–Trinajstić information content (AvgIpc) is 2.78. The van der Waals surface area contributed by atoms with Gasteiger partial charge in [-0.1, -0.05) is 12.1 Å². The molecule has 2 N–H and O–H groups in total. The molecule has 3 aromatic carbocycles. The van der Waals surface area contributed by atoms with Crippen LogP contribution in [0.4, 0.5) is 10.1 Å². The lowest BCUT2D eigenvalue weighted by Gasteiger charge is -2.12. The summed E-state index contributed by atoms with van der Waals surface area (Å²) < 4.78 is 51.5. The minimum atomic E-state index is -3.96. The van der Waals surface area contributed by atoms with Gasteiger partial charge in [0.1, 0.15) is 23.9 Å². The van der Waals surface area contributed by atoms with Crippen LogP contribution < -0.4 is 19.5 Å². The number of ether oxygens (including phenoxy) is 2. The van der Waals surface area contributed by atoms with E-state index in [-0.39, 0.29) is 29.3 Å². The van der Waals surface area contributed by atoms with Crippen molar-refractivity contribution in [2.24, 2.45) is 0 Å². The van der Waals surface area contributed by atoms with E-state index in [4.69, 9.17) is 9.47 Å². The molecule has 0 aromatic heterocycles. The molecule has 32 heavy (non-hydrogen) atoms. The summed E-state index contributed by atoms with van der Waals surface area (Å²) in [5, 5.41) is 2.72. The van der Waals surface area contributed by atoms with Gasteiger partial charge in [-0.3, -0.25) is 9.52 Å². The van der Waals surface area contributed by atoms with Crippen LogP contribution in [0.25, 0.3) is 0 Å². The quantitative estimate of drug-likeness (QED) is 0.477. The highest BCUT2D eigenvalue weighted by molar-refractivity contribution is 7.92. The molecule has 168 valence electrons. The molecule has 0 heterocycles. The zero-order valence-electron chi connectivity index (χ0n) is 17.6. The molecule has 0 saturated heterocycles. The van der Waals surface area contributed by atoms with Crippen molar-refractivity contribution in [2.45, 2.75) is 11.8 Å². The minimum absolute atomic E-state index is 0.0785. The molecular weight excluding hydrogens is 435 g/mol. The number of sulfonamides is 1. The summed E-state index contributed by atoms with van der Waals surface area (Å²) in [5.74, 6) is 0.373. The van der Waals surface area contributed by atoms with E-state index >= 15 is 0 Å². The number of hydrogen-bond donors (Lipinski definition) is 2. The fourth-order valence-electron chi connectivity index (χ4n) is 2.86. The van der Waals surface area contributed by atoms with Crippen molar-refractivity contribution in [3.05, 3.63) is 83.7 Å². The molecule has 9 heteroatoms. The van der Waals surface area contributed by atoms with Crippen molar-refractivity contribution < 1.29 is 27.1 Å². The predicted molar refractivity (Wildman–Crippen MR) is 119 cm³/mol. The van der Waals surface area contributed by atoms with Crippen LogP contribution in [0.15, 0.2) is 71.6 Å². The van der Waals surface area contributed by atoms with Gasteiger partial charge in [-0.05, 0) is 61.0 Å². The van der Waals surface area contributed by atoms with Crippen LogP contribution in [0, 0.1) is 12.7 Å². The summed E-state index contributed by atoms with van der Waals surface area (Å²) in [6.45, 7) is 2.16. The topological polar surface area (TPSA) is 93.7 Å². The van der Waals surface area contributed by atoms with Crippen molar-refractivity contribution in [2.75, 3.05) is 25.0 Å². The van der Waals surface area contributed by atoms with E-state index in [0.29, 0.717) is 17.1 Å². The SMILES string of the molecule is COc1cccc(OCCNC(=O)c2cc(S(=O)(=O)Nc3ccc(F)cc3)ccc2C)c1. The lowest BCUT2D eigenvalue weighted by Crippen LogP contribution is -2.29. The van der Waals surface area contributed by atoms with Crippen LogP contribution in [0.2, 0.25) is 0 Å². The Morgan fingerprint density at radius 1 is 1.00 bits per heavy atom. The van der Waals surface area contributed by atoms with Crippen LogP contribution in [-0.2, 0) is 10.0 Å². The largest absolute Gasteiger partial charge is 0.497 e. The van der Waals surface area contributed by atoms with Crippen molar-refractivity contribution in [1.82, 2.24) is 5.32 Å². The third-order valence-electron chi connectivity index (χ3n) is 4.56. The van der Waals surface area contributed by atoms with Gasteiger partial charge in [0.25, 0.3) is 15.9 Å². The fraction of sp³-hybridized carbons (Fsp3) is 0.174. The number of aryl methyl sites for hydroxylation is 1. The summed E-state index contributed by atoms with van der Waals surface area (Å²) >= 11 is 0. The molecular formula is C23H23FN2O5S. The first-order valence-corrected chi connectivity index (χ1v) is 11.2. The highest BCUT2D eigenvalue weighted by Gasteiger charge is 2.18. The van der Waals surface area contributed by atoms with Gasteiger partial charge in [0, 0.05) is 17.3 Å². The molecule has 0 aliphatic carbocycles. The van der Waals surface area contributed by atoms with E-state index in [1.807, 2.05) is 0 Å². The normalized spacial score (nSPS) is 11.0. The van der Waals surface area contributed by atoms with Crippen LogP contribution in [-0.4, -0.2) is 34.6 Å². The van der Waals surface area contributed by atoms with Gasteiger partial charge in [-0.2, -0.15) is 0 Å². The number of carbonyl (C=O) groups excluding carboxylic acids is 1. The van der Waals surface area contributed by atoms with Gasteiger partial charge in [-0.15, -0.1) is 0 Å². The first-order chi connectivity index (χ1) is 15.3. The predicted octanol–water partition coefficient (Wildman–Crippen LogP) is 3.75.